The maximum Gasteiger partial charge on any atom is 0.222 e. The van der Waals surface area contributed by atoms with Crippen molar-refractivity contribution in [2.75, 3.05) is 5.32 Å². The Hall–Kier alpha value is -3.52. The van der Waals surface area contributed by atoms with Gasteiger partial charge in [0, 0.05) is 24.5 Å². The summed E-state index contributed by atoms with van der Waals surface area (Å²) in [5.74, 6) is 0.253. The molecule has 5 nitrogen and oxygen atoms in total. The van der Waals surface area contributed by atoms with Gasteiger partial charge in [0.25, 0.3) is 0 Å². The SMILES string of the molecule is N#Cc1cccc(C(=O)c2cnc(NCc3ccccc3)nc2)c1. The van der Waals surface area contributed by atoms with Crippen molar-refractivity contribution in [2.24, 2.45) is 0 Å². The van der Waals surface area contributed by atoms with Crippen molar-refractivity contribution >= 4 is 11.7 Å². The third-order valence-electron chi connectivity index (χ3n) is 3.46. The van der Waals surface area contributed by atoms with Crippen molar-refractivity contribution in [3.05, 3.63) is 89.2 Å². The summed E-state index contributed by atoms with van der Waals surface area (Å²) in [7, 11) is 0. The average Bonchev–Trinajstić information content (AvgIpc) is 2.67. The summed E-state index contributed by atoms with van der Waals surface area (Å²) in [6, 6.07) is 18.5. The Morgan fingerprint density at radius 3 is 2.46 bits per heavy atom. The van der Waals surface area contributed by atoms with Gasteiger partial charge in [-0.15, -0.1) is 0 Å². The van der Waals surface area contributed by atoms with Gasteiger partial charge in [0.2, 0.25) is 5.95 Å². The highest BCUT2D eigenvalue weighted by Crippen LogP contribution is 2.11. The molecule has 3 rings (SSSR count). The Morgan fingerprint density at radius 2 is 1.75 bits per heavy atom. The molecular weight excluding hydrogens is 300 g/mol. The fourth-order valence-electron chi connectivity index (χ4n) is 2.21. The number of ketones is 1. The molecule has 0 saturated carbocycles. The van der Waals surface area contributed by atoms with Crippen LogP contribution in [0.3, 0.4) is 0 Å². The van der Waals surface area contributed by atoms with Crippen LogP contribution in [0.1, 0.15) is 27.0 Å². The quantitative estimate of drug-likeness (QED) is 0.732. The van der Waals surface area contributed by atoms with Crippen molar-refractivity contribution in [3.8, 4) is 6.07 Å². The molecule has 0 aliphatic carbocycles. The number of rotatable bonds is 5. The number of anilines is 1. The number of aromatic nitrogens is 2. The molecule has 1 N–H and O–H groups in total. The van der Waals surface area contributed by atoms with E-state index in [9.17, 15) is 4.79 Å². The first kappa shape index (κ1) is 15.4. The number of benzene rings is 2. The molecule has 1 heterocycles. The van der Waals surface area contributed by atoms with Crippen molar-refractivity contribution in [1.29, 1.82) is 5.26 Å². The third-order valence-corrected chi connectivity index (χ3v) is 3.46. The molecule has 0 aliphatic heterocycles. The lowest BCUT2D eigenvalue weighted by Gasteiger charge is -2.05. The number of nitrogens with one attached hydrogen (secondary N) is 1. The highest BCUT2D eigenvalue weighted by molar-refractivity contribution is 6.08. The molecule has 0 spiro atoms. The molecule has 2 aromatic carbocycles. The Kier molecular flexibility index (Phi) is 4.59. The van der Waals surface area contributed by atoms with E-state index in [1.54, 1.807) is 24.3 Å². The number of carbonyl (C=O) groups excluding carboxylic acids is 1. The van der Waals surface area contributed by atoms with Crippen molar-refractivity contribution < 1.29 is 4.79 Å². The van der Waals surface area contributed by atoms with Gasteiger partial charge < -0.3 is 5.32 Å². The first-order chi connectivity index (χ1) is 11.8. The van der Waals surface area contributed by atoms with Gasteiger partial charge in [0.05, 0.1) is 17.2 Å². The summed E-state index contributed by atoms with van der Waals surface area (Å²) < 4.78 is 0. The van der Waals surface area contributed by atoms with E-state index in [1.165, 1.54) is 12.4 Å². The standard InChI is InChI=1S/C19H14N4O/c20-10-15-7-4-8-16(9-15)18(24)17-12-22-19(23-13-17)21-11-14-5-2-1-3-6-14/h1-9,12-13H,11H2,(H,21,22,23). The Balaban J connectivity index is 1.69. The van der Waals surface area contributed by atoms with E-state index in [0.29, 0.717) is 29.2 Å². The fraction of sp³-hybridized carbons (Fsp3) is 0.0526. The minimum atomic E-state index is -0.207. The van der Waals surface area contributed by atoms with E-state index in [1.807, 2.05) is 36.4 Å². The second kappa shape index (κ2) is 7.16. The van der Waals surface area contributed by atoms with Crippen LogP contribution in [0, 0.1) is 11.3 Å². The lowest BCUT2D eigenvalue weighted by atomic mass is 10.0. The van der Waals surface area contributed by atoms with Gasteiger partial charge in [0.1, 0.15) is 0 Å². The van der Waals surface area contributed by atoms with Crippen LogP contribution in [0.5, 0.6) is 0 Å². The topological polar surface area (TPSA) is 78.7 Å². The molecule has 0 unspecified atom stereocenters. The summed E-state index contributed by atoms with van der Waals surface area (Å²) in [5, 5.41) is 12.0. The van der Waals surface area contributed by atoms with Crippen LogP contribution in [0.25, 0.3) is 0 Å². The lowest BCUT2D eigenvalue weighted by molar-refractivity contribution is 0.103. The van der Waals surface area contributed by atoms with Crippen LogP contribution in [-0.4, -0.2) is 15.8 Å². The zero-order chi connectivity index (χ0) is 16.8. The number of nitrogens with zero attached hydrogens (tertiary/aromatic N) is 3. The van der Waals surface area contributed by atoms with Gasteiger partial charge in [-0.3, -0.25) is 4.79 Å². The highest BCUT2D eigenvalue weighted by Gasteiger charge is 2.11. The molecule has 24 heavy (non-hydrogen) atoms. The molecule has 0 aliphatic rings. The maximum absolute atomic E-state index is 12.4. The minimum absolute atomic E-state index is 0.207. The van der Waals surface area contributed by atoms with E-state index >= 15 is 0 Å². The molecular formula is C19H14N4O. The summed E-state index contributed by atoms with van der Waals surface area (Å²) in [5.41, 5.74) is 2.40. The van der Waals surface area contributed by atoms with Crippen molar-refractivity contribution in [3.63, 3.8) is 0 Å². The molecule has 5 heteroatoms. The molecule has 0 atom stereocenters. The van der Waals surface area contributed by atoms with Crippen LogP contribution in [0.2, 0.25) is 0 Å². The van der Waals surface area contributed by atoms with Gasteiger partial charge in [-0.2, -0.15) is 5.26 Å². The van der Waals surface area contributed by atoms with E-state index in [0.717, 1.165) is 5.56 Å². The predicted molar refractivity (Wildman–Crippen MR) is 90.4 cm³/mol. The maximum atomic E-state index is 12.4. The van der Waals surface area contributed by atoms with Crippen molar-refractivity contribution in [2.45, 2.75) is 6.54 Å². The first-order valence-corrected chi connectivity index (χ1v) is 7.41. The Morgan fingerprint density at radius 1 is 1.00 bits per heavy atom. The molecule has 116 valence electrons. The molecule has 3 aromatic rings. The van der Waals surface area contributed by atoms with E-state index in [-0.39, 0.29) is 5.78 Å². The molecule has 0 fully saturated rings. The highest BCUT2D eigenvalue weighted by atomic mass is 16.1. The number of carbonyl (C=O) groups is 1. The summed E-state index contributed by atoms with van der Waals surface area (Å²) in [6.07, 6.45) is 2.98. The third kappa shape index (κ3) is 3.62. The van der Waals surface area contributed by atoms with E-state index in [2.05, 4.69) is 15.3 Å². The molecule has 0 bridgehead atoms. The first-order valence-electron chi connectivity index (χ1n) is 7.41. The number of hydrogen-bond donors (Lipinski definition) is 1. The van der Waals surface area contributed by atoms with Gasteiger partial charge in [0.15, 0.2) is 5.78 Å². The van der Waals surface area contributed by atoms with Crippen LogP contribution in [-0.2, 0) is 6.54 Å². The second-order valence-corrected chi connectivity index (χ2v) is 5.16. The molecule has 0 amide bonds. The van der Waals surface area contributed by atoms with Crippen molar-refractivity contribution in [1.82, 2.24) is 9.97 Å². The summed E-state index contributed by atoms with van der Waals surface area (Å²) >= 11 is 0. The summed E-state index contributed by atoms with van der Waals surface area (Å²) in [4.78, 5) is 20.7. The zero-order valence-corrected chi connectivity index (χ0v) is 12.8. The number of nitriles is 1. The Labute approximate surface area is 139 Å². The molecule has 0 radical (unpaired) electrons. The summed E-state index contributed by atoms with van der Waals surface area (Å²) in [6.45, 7) is 0.609. The number of hydrogen-bond acceptors (Lipinski definition) is 5. The van der Waals surface area contributed by atoms with Gasteiger partial charge in [-0.1, -0.05) is 42.5 Å². The van der Waals surface area contributed by atoms with Crippen LogP contribution in [0.15, 0.2) is 67.0 Å². The lowest BCUT2D eigenvalue weighted by Crippen LogP contribution is -2.07. The fourth-order valence-corrected chi connectivity index (χ4v) is 2.21. The van der Waals surface area contributed by atoms with Gasteiger partial charge >= 0.3 is 0 Å². The van der Waals surface area contributed by atoms with Crippen LogP contribution in [0.4, 0.5) is 5.95 Å². The normalized spacial score (nSPS) is 9.96. The minimum Gasteiger partial charge on any atom is -0.350 e. The largest absolute Gasteiger partial charge is 0.350 e. The van der Waals surface area contributed by atoms with E-state index in [4.69, 9.17) is 5.26 Å². The Bertz CT molecular complexity index is 883. The molecule has 0 saturated heterocycles. The second-order valence-electron chi connectivity index (χ2n) is 5.16. The van der Waals surface area contributed by atoms with E-state index < -0.39 is 0 Å². The van der Waals surface area contributed by atoms with Crippen LogP contribution < -0.4 is 5.32 Å². The van der Waals surface area contributed by atoms with Gasteiger partial charge in [-0.25, -0.2) is 9.97 Å². The average molecular weight is 314 g/mol. The smallest absolute Gasteiger partial charge is 0.222 e. The van der Waals surface area contributed by atoms with Crippen LogP contribution >= 0.6 is 0 Å². The predicted octanol–water partition coefficient (Wildman–Crippen LogP) is 3.19. The van der Waals surface area contributed by atoms with Gasteiger partial charge in [-0.05, 0) is 17.7 Å². The zero-order valence-electron chi connectivity index (χ0n) is 12.8. The molecule has 1 aromatic heterocycles. The monoisotopic (exact) mass is 314 g/mol.